The Hall–Kier alpha value is -0.730. The minimum absolute atomic E-state index is 0.335. The Kier molecular flexibility index (Phi) is 4.08. The van der Waals surface area contributed by atoms with Crippen LogP contribution >= 0.6 is 11.6 Å². The lowest BCUT2D eigenvalue weighted by Gasteiger charge is -2.28. The largest absolute Gasteiger partial charge is 0.490 e. The summed E-state index contributed by atoms with van der Waals surface area (Å²) in [7, 11) is 0. The van der Waals surface area contributed by atoms with Crippen molar-refractivity contribution >= 4 is 11.6 Å². The number of benzene rings is 1. The molecule has 3 heteroatoms. The lowest BCUT2D eigenvalue weighted by atomic mass is 9.87. The first-order valence-electron chi connectivity index (χ1n) is 5.90. The van der Waals surface area contributed by atoms with E-state index in [-0.39, 0.29) is 0 Å². The fourth-order valence-electron chi connectivity index (χ4n) is 2.22. The molecule has 1 aromatic rings. The van der Waals surface area contributed by atoms with Gasteiger partial charge in [0.1, 0.15) is 5.75 Å². The van der Waals surface area contributed by atoms with Crippen molar-refractivity contribution in [1.82, 2.24) is 0 Å². The fourth-order valence-corrected chi connectivity index (χ4v) is 2.40. The van der Waals surface area contributed by atoms with E-state index >= 15 is 0 Å². The molecule has 0 spiro atoms. The summed E-state index contributed by atoms with van der Waals surface area (Å²) in [5.41, 5.74) is 5.66. The van der Waals surface area contributed by atoms with Crippen molar-refractivity contribution in [2.75, 3.05) is 6.54 Å². The van der Waals surface area contributed by atoms with E-state index in [9.17, 15) is 0 Å². The van der Waals surface area contributed by atoms with Gasteiger partial charge in [0.25, 0.3) is 0 Å². The van der Waals surface area contributed by atoms with Gasteiger partial charge >= 0.3 is 0 Å². The third-order valence-electron chi connectivity index (χ3n) is 3.23. The Balaban J connectivity index is 1.87. The third-order valence-corrected chi connectivity index (χ3v) is 3.46. The first-order valence-corrected chi connectivity index (χ1v) is 6.28. The van der Waals surface area contributed by atoms with E-state index in [1.807, 2.05) is 24.3 Å². The van der Waals surface area contributed by atoms with E-state index in [1.165, 1.54) is 12.8 Å². The van der Waals surface area contributed by atoms with Crippen LogP contribution in [0.1, 0.15) is 25.7 Å². The fraction of sp³-hybridized carbons (Fsp3) is 0.538. The molecule has 1 fully saturated rings. The monoisotopic (exact) mass is 239 g/mol. The van der Waals surface area contributed by atoms with Crippen LogP contribution in [0.5, 0.6) is 5.75 Å². The molecule has 0 unspecified atom stereocenters. The van der Waals surface area contributed by atoms with Gasteiger partial charge in [0.15, 0.2) is 0 Å². The highest BCUT2D eigenvalue weighted by Crippen LogP contribution is 2.27. The van der Waals surface area contributed by atoms with Gasteiger partial charge in [-0.1, -0.05) is 17.7 Å². The zero-order chi connectivity index (χ0) is 11.4. The molecule has 2 rings (SSSR count). The summed E-state index contributed by atoms with van der Waals surface area (Å²) >= 11 is 5.91. The summed E-state index contributed by atoms with van der Waals surface area (Å²) in [4.78, 5) is 0. The van der Waals surface area contributed by atoms with E-state index in [4.69, 9.17) is 22.1 Å². The van der Waals surface area contributed by atoms with Crippen molar-refractivity contribution < 1.29 is 4.74 Å². The predicted octanol–water partition coefficient (Wildman–Crippen LogP) is 3.24. The quantitative estimate of drug-likeness (QED) is 0.879. The van der Waals surface area contributed by atoms with Crippen LogP contribution in [0.2, 0.25) is 5.02 Å². The van der Waals surface area contributed by atoms with Crippen LogP contribution < -0.4 is 10.5 Å². The van der Waals surface area contributed by atoms with Gasteiger partial charge in [-0.05, 0) is 56.3 Å². The number of nitrogens with two attached hydrogens (primary N) is 1. The second kappa shape index (κ2) is 5.55. The molecule has 0 radical (unpaired) electrons. The zero-order valence-electron chi connectivity index (χ0n) is 9.36. The van der Waals surface area contributed by atoms with Crippen LogP contribution in [0.4, 0.5) is 0 Å². The molecule has 1 aliphatic carbocycles. The second-order valence-electron chi connectivity index (χ2n) is 4.45. The lowest BCUT2D eigenvalue weighted by Crippen LogP contribution is -2.27. The standard InChI is InChI=1S/C13H18ClNO/c14-11-2-1-3-13(8-11)16-12-6-4-10(9-15)5-7-12/h1-3,8,10,12H,4-7,9,15H2. The van der Waals surface area contributed by atoms with Crippen LogP contribution in [0.25, 0.3) is 0 Å². The zero-order valence-corrected chi connectivity index (χ0v) is 10.1. The Morgan fingerprint density at radius 3 is 2.62 bits per heavy atom. The van der Waals surface area contributed by atoms with Gasteiger partial charge in [-0.25, -0.2) is 0 Å². The van der Waals surface area contributed by atoms with Gasteiger partial charge in [-0.15, -0.1) is 0 Å². The van der Waals surface area contributed by atoms with Crippen LogP contribution in [-0.4, -0.2) is 12.6 Å². The van der Waals surface area contributed by atoms with E-state index in [0.717, 1.165) is 30.2 Å². The molecule has 0 atom stereocenters. The second-order valence-corrected chi connectivity index (χ2v) is 4.89. The summed E-state index contributed by atoms with van der Waals surface area (Å²) in [6.45, 7) is 0.809. The van der Waals surface area contributed by atoms with Gasteiger partial charge < -0.3 is 10.5 Å². The van der Waals surface area contributed by atoms with E-state index in [2.05, 4.69) is 0 Å². The van der Waals surface area contributed by atoms with Crippen LogP contribution in [0.15, 0.2) is 24.3 Å². The molecule has 0 bridgehead atoms. The number of hydrogen-bond donors (Lipinski definition) is 1. The van der Waals surface area contributed by atoms with Crippen LogP contribution in [0, 0.1) is 5.92 Å². The molecule has 0 saturated heterocycles. The lowest BCUT2D eigenvalue weighted by molar-refractivity contribution is 0.133. The van der Waals surface area contributed by atoms with Gasteiger partial charge in [0.05, 0.1) is 6.10 Å². The van der Waals surface area contributed by atoms with Crippen molar-refractivity contribution in [1.29, 1.82) is 0 Å². The topological polar surface area (TPSA) is 35.2 Å². The summed E-state index contributed by atoms with van der Waals surface area (Å²) in [6, 6.07) is 7.61. The maximum absolute atomic E-state index is 5.91. The minimum Gasteiger partial charge on any atom is -0.490 e. The summed E-state index contributed by atoms with van der Waals surface area (Å²) in [5.74, 6) is 1.57. The first-order chi connectivity index (χ1) is 7.78. The third kappa shape index (κ3) is 3.13. The molecule has 0 aliphatic heterocycles. The molecule has 0 aromatic heterocycles. The van der Waals surface area contributed by atoms with Crippen molar-refractivity contribution in [3.8, 4) is 5.75 Å². The molecule has 0 heterocycles. The molecule has 2 nitrogen and oxygen atoms in total. The summed E-state index contributed by atoms with van der Waals surface area (Å²) in [6.07, 6.45) is 4.91. The molecule has 0 amide bonds. The van der Waals surface area contributed by atoms with Gasteiger partial charge in [-0.2, -0.15) is 0 Å². The van der Waals surface area contributed by atoms with Crippen LogP contribution in [0.3, 0.4) is 0 Å². The van der Waals surface area contributed by atoms with E-state index in [0.29, 0.717) is 12.0 Å². The highest BCUT2D eigenvalue weighted by molar-refractivity contribution is 6.30. The Morgan fingerprint density at radius 1 is 1.25 bits per heavy atom. The Bertz CT molecular complexity index is 334. The molecular formula is C13H18ClNO. The van der Waals surface area contributed by atoms with E-state index < -0.39 is 0 Å². The summed E-state index contributed by atoms with van der Waals surface area (Å²) in [5, 5.41) is 0.730. The van der Waals surface area contributed by atoms with Crippen molar-refractivity contribution in [2.24, 2.45) is 11.7 Å². The molecule has 2 N–H and O–H groups in total. The maximum Gasteiger partial charge on any atom is 0.121 e. The predicted molar refractivity (Wildman–Crippen MR) is 66.9 cm³/mol. The highest BCUT2D eigenvalue weighted by Gasteiger charge is 2.21. The number of halogens is 1. The van der Waals surface area contributed by atoms with Crippen LogP contribution in [-0.2, 0) is 0 Å². The molecule has 1 saturated carbocycles. The van der Waals surface area contributed by atoms with Crippen molar-refractivity contribution in [3.05, 3.63) is 29.3 Å². The number of rotatable bonds is 3. The molecular weight excluding hydrogens is 222 g/mol. The Morgan fingerprint density at radius 2 is 2.00 bits per heavy atom. The van der Waals surface area contributed by atoms with Gasteiger partial charge in [0, 0.05) is 5.02 Å². The normalized spacial score (nSPS) is 25.4. The van der Waals surface area contributed by atoms with Gasteiger partial charge in [-0.3, -0.25) is 0 Å². The van der Waals surface area contributed by atoms with E-state index in [1.54, 1.807) is 0 Å². The minimum atomic E-state index is 0.335. The number of ether oxygens (including phenoxy) is 1. The van der Waals surface area contributed by atoms with Crippen molar-refractivity contribution in [3.63, 3.8) is 0 Å². The number of hydrogen-bond acceptors (Lipinski definition) is 2. The van der Waals surface area contributed by atoms with Gasteiger partial charge in [0.2, 0.25) is 0 Å². The summed E-state index contributed by atoms with van der Waals surface area (Å²) < 4.78 is 5.90. The molecule has 1 aliphatic rings. The smallest absolute Gasteiger partial charge is 0.121 e. The maximum atomic E-state index is 5.91. The first kappa shape index (κ1) is 11.7. The highest BCUT2D eigenvalue weighted by atomic mass is 35.5. The SMILES string of the molecule is NCC1CCC(Oc2cccc(Cl)c2)CC1. The molecule has 1 aromatic carbocycles. The van der Waals surface area contributed by atoms with Crippen molar-refractivity contribution in [2.45, 2.75) is 31.8 Å². The Labute approximate surface area is 102 Å². The average molecular weight is 240 g/mol. The average Bonchev–Trinajstić information content (AvgIpc) is 2.30. The molecule has 16 heavy (non-hydrogen) atoms. The molecule has 88 valence electrons.